The van der Waals surface area contributed by atoms with Crippen LogP contribution < -0.4 is 10.5 Å². The van der Waals surface area contributed by atoms with Gasteiger partial charge in [0.15, 0.2) is 6.61 Å². The highest BCUT2D eigenvalue weighted by Crippen LogP contribution is 2.27. The number of alkyl halides is 3. The Bertz CT molecular complexity index is 581. The van der Waals surface area contributed by atoms with Gasteiger partial charge < -0.3 is 10.5 Å². The zero-order valence-electron chi connectivity index (χ0n) is 9.58. The summed E-state index contributed by atoms with van der Waals surface area (Å²) in [6.45, 7) is 0.437. The van der Waals surface area contributed by atoms with Crippen LogP contribution in [0.15, 0.2) is 24.3 Å². The van der Waals surface area contributed by atoms with Crippen molar-refractivity contribution >= 4 is 16.7 Å². The fourth-order valence-electron chi connectivity index (χ4n) is 1.57. The van der Waals surface area contributed by atoms with Gasteiger partial charge in [0, 0.05) is 5.39 Å². The first-order valence-electron chi connectivity index (χ1n) is 5.22. The predicted molar refractivity (Wildman–Crippen MR) is 62.4 cm³/mol. The first-order chi connectivity index (χ1) is 8.37. The van der Waals surface area contributed by atoms with E-state index >= 15 is 0 Å². The van der Waals surface area contributed by atoms with Crippen molar-refractivity contribution in [2.75, 3.05) is 12.3 Å². The fourth-order valence-corrected chi connectivity index (χ4v) is 1.57. The Balaban J connectivity index is 2.42. The number of fused-ring (bicyclic) bond motifs is 1. The van der Waals surface area contributed by atoms with E-state index in [9.17, 15) is 13.2 Å². The van der Waals surface area contributed by atoms with Crippen molar-refractivity contribution in [2.45, 2.75) is 13.1 Å². The number of hydrogen-bond donors (Lipinski definition) is 1. The van der Waals surface area contributed by atoms with E-state index in [-0.39, 0.29) is 11.6 Å². The molecule has 2 aromatic rings. The van der Waals surface area contributed by atoms with Gasteiger partial charge in [0.2, 0.25) is 0 Å². The number of nitrogens with zero attached hydrogens (tertiary/aromatic N) is 1. The van der Waals surface area contributed by atoms with Crippen molar-refractivity contribution in [2.24, 2.45) is 0 Å². The number of rotatable bonds is 2. The number of nitrogen functional groups attached to an aromatic ring is 1. The molecule has 96 valence electrons. The summed E-state index contributed by atoms with van der Waals surface area (Å²) in [4.78, 5) is 4.06. The number of pyridine rings is 1. The van der Waals surface area contributed by atoms with E-state index < -0.39 is 12.8 Å². The molecule has 0 aliphatic heterocycles. The number of halogens is 3. The van der Waals surface area contributed by atoms with Crippen molar-refractivity contribution < 1.29 is 17.9 Å². The molecule has 0 fully saturated rings. The van der Waals surface area contributed by atoms with E-state index in [0.29, 0.717) is 10.9 Å². The summed E-state index contributed by atoms with van der Waals surface area (Å²) in [7, 11) is 0. The maximum atomic E-state index is 12.1. The summed E-state index contributed by atoms with van der Waals surface area (Å²) in [6, 6.07) is 6.56. The third kappa shape index (κ3) is 2.64. The van der Waals surface area contributed by atoms with E-state index in [4.69, 9.17) is 10.5 Å². The van der Waals surface area contributed by atoms with Gasteiger partial charge in [-0.15, -0.1) is 0 Å². The first kappa shape index (κ1) is 12.5. The van der Waals surface area contributed by atoms with Gasteiger partial charge in [-0.1, -0.05) is 12.1 Å². The van der Waals surface area contributed by atoms with Crippen LogP contribution in [0.4, 0.5) is 19.0 Å². The number of aryl methyl sites for hydroxylation is 1. The summed E-state index contributed by atoms with van der Waals surface area (Å²) in [5, 5.41) is 0.696. The second-order valence-corrected chi connectivity index (χ2v) is 3.92. The minimum absolute atomic E-state index is 0.0801. The molecule has 1 aromatic carbocycles. The Morgan fingerprint density at radius 3 is 2.72 bits per heavy atom. The summed E-state index contributed by atoms with van der Waals surface area (Å²) in [5.41, 5.74) is 6.76. The Kier molecular flexibility index (Phi) is 3.02. The molecule has 0 bridgehead atoms. The minimum Gasteiger partial charge on any atom is -0.482 e. The van der Waals surface area contributed by atoms with Gasteiger partial charge >= 0.3 is 6.18 Å². The molecule has 0 aliphatic carbocycles. The molecule has 1 aromatic heterocycles. The molecular weight excluding hydrogens is 245 g/mol. The molecule has 0 saturated heterocycles. The molecule has 2 N–H and O–H groups in total. The topological polar surface area (TPSA) is 48.1 Å². The lowest BCUT2D eigenvalue weighted by Gasteiger charge is -2.11. The van der Waals surface area contributed by atoms with Crippen LogP contribution in [0.3, 0.4) is 0 Å². The van der Waals surface area contributed by atoms with Gasteiger partial charge in [0.1, 0.15) is 17.1 Å². The highest BCUT2D eigenvalue weighted by molar-refractivity contribution is 5.86. The van der Waals surface area contributed by atoms with Crippen molar-refractivity contribution in [1.82, 2.24) is 4.98 Å². The van der Waals surface area contributed by atoms with Gasteiger partial charge in [0.25, 0.3) is 0 Å². The van der Waals surface area contributed by atoms with Crippen LogP contribution in [-0.4, -0.2) is 17.8 Å². The van der Waals surface area contributed by atoms with E-state index in [0.717, 1.165) is 5.56 Å². The van der Waals surface area contributed by atoms with E-state index in [1.807, 2.05) is 0 Å². The highest BCUT2D eigenvalue weighted by Gasteiger charge is 2.28. The summed E-state index contributed by atoms with van der Waals surface area (Å²) in [6.07, 6.45) is -4.38. The molecule has 18 heavy (non-hydrogen) atoms. The number of para-hydroxylation sites is 1. The van der Waals surface area contributed by atoms with Gasteiger partial charge in [-0.3, -0.25) is 0 Å². The lowest BCUT2D eigenvalue weighted by molar-refractivity contribution is -0.153. The van der Waals surface area contributed by atoms with E-state index in [1.54, 1.807) is 25.1 Å². The highest BCUT2D eigenvalue weighted by atomic mass is 19.4. The molecule has 2 rings (SSSR count). The van der Waals surface area contributed by atoms with Crippen LogP contribution in [0.1, 0.15) is 5.56 Å². The Labute approximate surface area is 101 Å². The van der Waals surface area contributed by atoms with Gasteiger partial charge in [-0.05, 0) is 24.6 Å². The van der Waals surface area contributed by atoms with Crippen LogP contribution in [-0.2, 0) is 0 Å². The van der Waals surface area contributed by atoms with Gasteiger partial charge in [-0.2, -0.15) is 13.2 Å². The minimum atomic E-state index is -4.38. The maximum Gasteiger partial charge on any atom is 0.422 e. The largest absolute Gasteiger partial charge is 0.482 e. The number of nitrogens with two attached hydrogens (primary N) is 1. The normalized spacial score (nSPS) is 11.8. The first-order valence-corrected chi connectivity index (χ1v) is 5.22. The van der Waals surface area contributed by atoms with Crippen molar-refractivity contribution in [1.29, 1.82) is 0 Å². The molecule has 0 unspecified atom stereocenters. The second kappa shape index (κ2) is 4.36. The molecule has 0 spiro atoms. The Morgan fingerprint density at radius 2 is 2.06 bits per heavy atom. The molecule has 0 amide bonds. The number of hydrogen-bond acceptors (Lipinski definition) is 3. The monoisotopic (exact) mass is 256 g/mol. The lowest BCUT2D eigenvalue weighted by atomic mass is 10.1. The third-order valence-corrected chi connectivity index (χ3v) is 2.43. The maximum absolute atomic E-state index is 12.1. The zero-order chi connectivity index (χ0) is 13.3. The lowest BCUT2D eigenvalue weighted by Crippen LogP contribution is -2.19. The van der Waals surface area contributed by atoms with Crippen LogP contribution in [0.2, 0.25) is 0 Å². The predicted octanol–water partition coefficient (Wildman–Crippen LogP) is 3.07. The number of aromatic nitrogens is 1. The molecule has 0 radical (unpaired) electrons. The van der Waals surface area contributed by atoms with Crippen LogP contribution in [0.5, 0.6) is 5.75 Å². The van der Waals surface area contributed by atoms with Crippen molar-refractivity contribution in [3.05, 3.63) is 29.8 Å². The van der Waals surface area contributed by atoms with Crippen LogP contribution in [0, 0.1) is 6.92 Å². The Hall–Kier alpha value is -1.98. The van der Waals surface area contributed by atoms with E-state index in [2.05, 4.69) is 4.98 Å². The third-order valence-electron chi connectivity index (χ3n) is 2.43. The zero-order valence-corrected chi connectivity index (χ0v) is 9.58. The second-order valence-electron chi connectivity index (χ2n) is 3.92. The SMILES string of the molecule is Cc1cc2cccc(OCC(F)(F)F)c2nc1N. The molecule has 0 atom stereocenters. The van der Waals surface area contributed by atoms with Crippen LogP contribution >= 0.6 is 0 Å². The van der Waals surface area contributed by atoms with Crippen molar-refractivity contribution in [3.63, 3.8) is 0 Å². The van der Waals surface area contributed by atoms with Gasteiger partial charge in [0.05, 0.1) is 0 Å². The summed E-state index contributed by atoms with van der Waals surface area (Å²) in [5.74, 6) is 0.363. The van der Waals surface area contributed by atoms with Gasteiger partial charge in [-0.25, -0.2) is 4.98 Å². The van der Waals surface area contributed by atoms with E-state index in [1.165, 1.54) is 6.07 Å². The number of ether oxygens (including phenoxy) is 1. The molecule has 6 heteroatoms. The average Bonchev–Trinajstić information content (AvgIpc) is 2.27. The standard InChI is InChI=1S/C12H11F3N2O/c1-7-5-8-3-2-4-9(10(8)17-11(7)16)18-6-12(13,14)15/h2-5H,6H2,1H3,(H2,16,17). The quantitative estimate of drug-likeness (QED) is 0.898. The fraction of sp³-hybridized carbons (Fsp3) is 0.250. The number of anilines is 1. The average molecular weight is 256 g/mol. The van der Waals surface area contributed by atoms with Crippen molar-refractivity contribution in [3.8, 4) is 5.75 Å². The molecular formula is C12H11F3N2O. The summed E-state index contributed by atoms with van der Waals surface area (Å²) >= 11 is 0. The smallest absolute Gasteiger partial charge is 0.422 e. The molecule has 0 saturated carbocycles. The molecule has 1 heterocycles. The summed E-state index contributed by atoms with van der Waals surface area (Å²) < 4.78 is 41.1. The Morgan fingerprint density at radius 1 is 1.33 bits per heavy atom. The molecule has 0 aliphatic rings. The van der Waals surface area contributed by atoms with Crippen LogP contribution in [0.25, 0.3) is 10.9 Å². The number of benzene rings is 1. The molecule has 3 nitrogen and oxygen atoms in total.